The van der Waals surface area contributed by atoms with Crippen LogP contribution in [0.4, 0.5) is 0 Å². The zero-order valence-electron chi connectivity index (χ0n) is 16.8. The Morgan fingerprint density at radius 2 is 2.12 bits per heavy atom. The summed E-state index contributed by atoms with van der Waals surface area (Å²) >= 11 is 1.38. The van der Waals surface area contributed by atoms with Gasteiger partial charge in [-0.25, -0.2) is 9.78 Å². The SMILES string of the molecule is O=C(NC1CC1)c1cc(-c2cc(=NC3CC3)n3nc/c(=C\c4[nH]c(=O)[nH]c4O)c3n2)cs1. The van der Waals surface area contributed by atoms with Crippen molar-refractivity contribution in [2.75, 3.05) is 0 Å². The van der Waals surface area contributed by atoms with E-state index in [0.29, 0.717) is 33.0 Å². The van der Waals surface area contributed by atoms with Crippen molar-refractivity contribution in [3.8, 4) is 17.1 Å². The number of carbonyl (C=O) groups is 1. The number of amides is 1. The number of nitrogens with one attached hydrogen (secondary N) is 3. The van der Waals surface area contributed by atoms with Gasteiger partial charge in [0.05, 0.1) is 22.8 Å². The number of thiophene rings is 1. The van der Waals surface area contributed by atoms with Crippen LogP contribution in [0.1, 0.15) is 41.0 Å². The van der Waals surface area contributed by atoms with Crippen LogP contribution in [0.15, 0.2) is 33.5 Å². The van der Waals surface area contributed by atoms with Gasteiger partial charge in [0.1, 0.15) is 5.69 Å². The van der Waals surface area contributed by atoms with Crippen LogP contribution >= 0.6 is 11.3 Å². The maximum atomic E-state index is 12.4. The molecule has 0 atom stereocenters. The number of fused-ring (bicyclic) bond motifs is 1. The second-order valence-corrected chi connectivity index (χ2v) is 9.04. The molecule has 6 rings (SSSR count). The summed E-state index contributed by atoms with van der Waals surface area (Å²) in [5, 5.41) is 19.9. The number of carbonyl (C=O) groups excluding carboxylic acids is 1. The Morgan fingerprint density at radius 3 is 2.84 bits per heavy atom. The van der Waals surface area contributed by atoms with Crippen LogP contribution in [-0.4, -0.2) is 47.7 Å². The molecule has 10 nitrogen and oxygen atoms in total. The van der Waals surface area contributed by atoms with E-state index in [0.717, 1.165) is 31.2 Å². The Bertz CT molecular complexity index is 1540. The molecule has 0 aromatic carbocycles. The van der Waals surface area contributed by atoms with Gasteiger partial charge in [-0.05, 0) is 37.8 Å². The van der Waals surface area contributed by atoms with Gasteiger partial charge in [-0.2, -0.15) is 9.61 Å². The highest BCUT2D eigenvalue weighted by Crippen LogP contribution is 2.26. The van der Waals surface area contributed by atoms with Crippen molar-refractivity contribution in [2.45, 2.75) is 37.8 Å². The first-order valence-electron chi connectivity index (χ1n) is 10.4. The van der Waals surface area contributed by atoms with Crippen LogP contribution in [0.25, 0.3) is 23.0 Å². The monoisotopic (exact) mass is 449 g/mol. The maximum Gasteiger partial charge on any atom is 0.326 e. The van der Waals surface area contributed by atoms with E-state index in [1.165, 1.54) is 11.3 Å². The number of rotatable bonds is 5. The minimum Gasteiger partial charge on any atom is -0.493 e. The highest BCUT2D eigenvalue weighted by atomic mass is 32.1. The van der Waals surface area contributed by atoms with Crippen molar-refractivity contribution in [3.63, 3.8) is 0 Å². The lowest BCUT2D eigenvalue weighted by atomic mass is 10.2. The molecule has 0 radical (unpaired) electrons. The molecule has 0 saturated heterocycles. The Hall–Kier alpha value is -3.73. The van der Waals surface area contributed by atoms with Crippen molar-refractivity contribution in [2.24, 2.45) is 4.99 Å². The third-order valence-electron chi connectivity index (χ3n) is 5.41. The molecule has 2 aliphatic rings. The van der Waals surface area contributed by atoms with E-state index in [1.807, 2.05) is 17.5 Å². The Kier molecular flexibility index (Phi) is 4.25. The van der Waals surface area contributed by atoms with Crippen LogP contribution in [0, 0.1) is 0 Å². The van der Waals surface area contributed by atoms with Gasteiger partial charge < -0.3 is 15.4 Å². The van der Waals surface area contributed by atoms with Crippen LogP contribution in [-0.2, 0) is 0 Å². The summed E-state index contributed by atoms with van der Waals surface area (Å²) in [5.74, 6) is -0.310. The normalized spacial score (nSPS) is 17.4. The molecule has 0 bridgehead atoms. The van der Waals surface area contributed by atoms with Crippen molar-refractivity contribution in [1.82, 2.24) is 29.9 Å². The molecule has 4 N–H and O–H groups in total. The van der Waals surface area contributed by atoms with E-state index >= 15 is 0 Å². The minimum absolute atomic E-state index is 0.0574. The predicted molar refractivity (Wildman–Crippen MR) is 117 cm³/mol. The largest absolute Gasteiger partial charge is 0.493 e. The number of aromatic hydroxyl groups is 1. The summed E-state index contributed by atoms with van der Waals surface area (Å²) in [6.45, 7) is 0. The molecule has 4 aromatic heterocycles. The predicted octanol–water partition coefficient (Wildman–Crippen LogP) is 0.683. The fourth-order valence-electron chi connectivity index (χ4n) is 3.42. The first kappa shape index (κ1) is 19.0. The average molecular weight is 449 g/mol. The number of hydrogen-bond donors (Lipinski definition) is 4. The molecule has 162 valence electrons. The summed E-state index contributed by atoms with van der Waals surface area (Å²) in [6.07, 6.45) is 7.39. The number of H-pyrrole nitrogens is 2. The number of hydrogen-bond acceptors (Lipinski definition) is 7. The third-order valence-corrected chi connectivity index (χ3v) is 6.34. The zero-order valence-corrected chi connectivity index (χ0v) is 17.6. The lowest BCUT2D eigenvalue weighted by molar-refractivity contribution is 0.0955. The van der Waals surface area contributed by atoms with Gasteiger partial charge in [-0.3, -0.25) is 14.8 Å². The topological polar surface area (TPSA) is 141 Å². The summed E-state index contributed by atoms with van der Waals surface area (Å²) < 4.78 is 1.66. The first-order valence-corrected chi connectivity index (χ1v) is 11.3. The fourth-order valence-corrected chi connectivity index (χ4v) is 4.22. The van der Waals surface area contributed by atoms with E-state index in [1.54, 1.807) is 16.8 Å². The molecule has 4 aromatic rings. The van der Waals surface area contributed by atoms with Gasteiger partial charge >= 0.3 is 5.69 Å². The molecular formula is C21H19N7O3S. The van der Waals surface area contributed by atoms with Crippen molar-refractivity contribution < 1.29 is 9.90 Å². The van der Waals surface area contributed by atoms with Crippen LogP contribution in [0.3, 0.4) is 0 Å². The molecule has 2 saturated carbocycles. The number of aromatic amines is 2. The van der Waals surface area contributed by atoms with Crippen LogP contribution in [0.5, 0.6) is 5.88 Å². The molecule has 1 amide bonds. The number of nitrogens with zero attached hydrogens (tertiary/aromatic N) is 4. The molecule has 2 aliphatic carbocycles. The standard InChI is InChI=1S/C21H19N7O3S/c29-19-15(26-21(31)27-19)5-10-8-22-28-17(23-12-1-2-12)7-14(25-18(10)28)11-6-16(32-9-11)20(30)24-13-3-4-13/h5-9,12-13,29H,1-4H2,(H,24,30)(H2,26,27,31)/b10-5+,23-17?. The molecule has 11 heteroatoms. The Morgan fingerprint density at radius 1 is 1.28 bits per heavy atom. The molecule has 0 spiro atoms. The van der Waals surface area contributed by atoms with Crippen LogP contribution in [0.2, 0.25) is 0 Å². The average Bonchev–Trinajstić information content (AvgIpc) is 3.63. The maximum absolute atomic E-state index is 12.4. The highest BCUT2D eigenvalue weighted by molar-refractivity contribution is 7.12. The first-order chi connectivity index (χ1) is 15.5. The molecular weight excluding hydrogens is 430 g/mol. The van der Waals surface area contributed by atoms with Crippen molar-refractivity contribution >= 4 is 29.0 Å². The number of imidazole rings is 1. The molecule has 0 unspecified atom stereocenters. The van der Waals surface area contributed by atoms with Gasteiger partial charge in [-0.15, -0.1) is 11.3 Å². The molecule has 4 heterocycles. The van der Waals surface area contributed by atoms with Gasteiger partial charge in [0.2, 0.25) is 5.88 Å². The Balaban J connectivity index is 1.48. The summed E-state index contributed by atoms with van der Waals surface area (Å²) in [5.41, 5.74) is 2.47. The smallest absolute Gasteiger partial charge is 0.326 e. The van der Waals surface area contributed by atoms with Gasteiger partial charge in [0.25, 0.3) is 5.91 Å². The van der Waals surface area contributed by atoms with E-state index in [-0.39, 0.29) is 23.5 Å². The second-order valence-electron chi connectivity index (χ2n) is 8.13. The minimum atomic E-state index is -0.501. The molecule has 32 heavy (non-hydrogen) atoms. The quantitative estimate of drug-likeness (QED) is 0.355. The third kappa shape index (κ3) is 3.60. The molecule has 2 fully saturated rings. The highest BCUT2D eigenvalue weighted by Gasteiger charge is 2.25. The fraction of sp³-hybridized carbons (Fsp3) is 0.286. The van der Waals surface area contributed by atoms with Gasteiger partial charge in [0.15, 0.2) is 11.1 Å². The van der Waals surface area contributed by atoms with E-state index in [2.05, 4.69) is 20.4 Å². The van der Waals surface area contributed by atoms with Gasteiger partial charge in [0, 0.05) is 28.3 Å². The summed E-state index contributed by atoms with van der Waals surface area (Å²) in [7, 11) is 0. The van der Waals surface area contributed by atoms with Crippen molar-refractivity contribution in [1.29, 1.82) is 0 Å². The van der Waals surface area contributed by atoms with E-state index < -0.39 is 5.69 Å². The lowest BCUT2D eigenvalue weighted by Crippen LogP contribution is -2.24. The molecule has 0 aliphatic heterocycles. The van der Waals surface area contributed by atoms with Gasteiger partial charge in [-0.1, -0.05) is 0 Å². The summed E-state index contributed by atoms with van der Waals surface area (Å²) in [4.78, 5) is 38.9. The number of aromatic nitrogens is 5. The van der Waals surface area contributed by atoms with E-state index in [9.17, 15) is 14.7 Å². The Labute approximate surface area is 184 Å². The second kappa shape index (κ2) is 7.16. The zero-order chi connectivity index (χ0) is 21.8. The van der Waals surface area contributed by atoms with Crippen LogP contribution < -0.4 is 21.7 Å². The van der Waals surface area contributed by atoms with Crippen molar-refractivity contribution in [3.05, 3.63) is 55.5 Å². The lowest BCUT2D eigenvalue weighted by Gasteiger charge is -2.01. The summed E-state index contributed by atoms with van der Waals surface area (Å²) in [6, 6.07) is 4.30. The van der Waals surface area contributed by atoms with E-state index in [4.69, 9.17) is 9.98 Å².